The van der Waals surface area contributed by atoms with Gasteiger partial charge in [-0.1, -0.05) is 6.07 Å². The Morgan fingerprint density at radius 3 is 2.69 bits per heavy atom. The van der Waals surface area contributed by atoms with E-state index >= 15 is 0 Å². The zero-order valence-electron chi connectivity index (χ0n) is 9.43. The Morgan fingerprint density at radius 2 is 2.19 bits per heavy atom. The van der Waals surface area contributed by atoms with Gasteiger partial charge in [-0.3, -0.25) is 0 Å². The lowest BCUT2D eigenvalue weighted by Crippen LogP contribution is -2.05. The van der Waals surface area contributed by atoms with Crippen LogP contribution >= 0.6 is 11.8 Å². The monoisotopic (exact) mass is 260 g/mol. The number of thioether (sulfide) groups is 1. The van der Waals surface area contributed by atoms with E-state index in [1.807, 2.05) is 13.0 Å². The summed E-state index contributed by atoms with van der Waals surface area (Å²) in [6, 6.07) is 1.98. The van der Waals surface area contributed by atoms with Gasteiger partial charge in [0.1, 0.15) is 9.84 Å². The number of hydrogen-bond acceptors (Lipinski definition) is 5. The van der Waals surface area contributed by atoms with Crippen molar-refractivity contribution in [2.75, 3.05) is 17.8 Å². The molecule has 0 radical (unpaired) electrons. The van der Waals surface area contributed by atoms with Gasteiger partial charge in [-0.15, -0.1) is 11.8 Å². The summed E-state index contributed by atoms with van der Waals surface area (Å²) in [6.07, 6.45) is 2.97. The molecule has 0 saturated heterocycles. The second-order valence-electron chi connectivity index (χ2n) is 3.65. The summed E-state index contributed by atoms with van der Waals surface area (Å²) in [5.41, 5.74) is 7.53. The zero-order chi connectivity index (χ0) is 12.2. The SMILES string of the molecule is Cc1cc(CN)cnc1SCCS(C)(=O)=O. The van der Waals surface area contributed by atoms with Crippen LogP contribution in [0.15, 0.2) is 17.3 Å². The van der Waals surface area contributed by atoms with Gasteiger partial charge in [0.05, 0.1) is 10.8 Å². The minimum atomic E-state index is -2.89. The Labute approximate surface area is 101 Å². The first kappa shape index (κ1) is 13.5. The average Bonchev–Trinajstić information content (AvgIpc) is 2.18. The van der Waals surface area contributed by atoms with Gasteiger partial charge >= 0.3 is 0 Å². The van der Waals surface area contributed by atoms with Crippen LogP contribution in [0.5, 0.6) is 0 Å². The van der Waals surface area contributed by atoms with Gasteiger partial charge in [0, 0.05) is 24.8 Å². The Hall–Kier alpha value is -0.590. The van der Waals surface area contributed by atoms with Crippen LogP contribution in [0.25, 0.3) is 0 Å². The van der Waals surface area contributed by atoms with Crippen LogP contribution in [0.4, 0.5) is 0 Å². The second kappa shape index (κ2) is 5.65. The fourth-order valence-electron chi connectivity index (χ4n) is 1.17. The lowest BCUT2D eigenvalue weighted by Gasteiger charge is -2.05. The maximum atomic E-state index is 11.0. The number of nitrogens with zero attached hydrogens (tertiary/aromatic N) is 1. The molecule has 1 aromatic rings. The van der Waals surface area contributed by atoms with E-state index in [0.717, 1.165) is 16.2 Å². The van der Waals surface area contributed by atoms with Gasteiger partial charge in [-0.2, -0.15) is 0 Å². The molecule has 0 aliphatic rings. The highest BCUT2D eigenvalue weighted by Crippen LogP contribution is 2.20. The average molecular weight is 260 g/mol. The third-order valence-corrected chi connectivity index (χ3v) is 4.33. The number of sulfone groups is 1. The normalized spacial score (nSPS) is 11.7. The molecule has 0 fully saturated rings. The van der Waals surface area contributed by atoms with Crippen LogP contribution in [0.3, 0.4) is 0 Å². The molecule has 0 atom stereocenters. The molecular weight excluding hydrogens is 244 g/mol. The molecule has 0 saturated carbocycles. The number of pyridine rings is 1. The van der Waals surface area contributed by atoms with E-state index in [-0.39, 0.29) is 5.75 Å². The Balaban J connectivity index is 2.61. The van der Waals surface area contributed by atoms with Crippen LogP contribution in [0, 0.1) is 6.92 Å². The summed E-state index contributed by atoms with van der Waals surface area (Å²) in [5, 5.41) is 0.876. The molecule has 0 spiro atoms. The van der Waals surface area contributed by atoms with E-state index in [0.29, 0.717) is 12.3 Å². The molecule has 4 nitrogen and oxygen atoms in total. The molecule has 16 heavy (non-hydrogen) atoms. The Kier molecular flexibility index (Phi) is 4.76. The van der Waals surface area contributed by atoms with Gasteiger partial charge in [-0.25, -0.2) is 13.4 Å². The lowest BCUT2D eigenvalue weighted by molar-refractivity contribution is 0.603. The van der Waals surface area contributed by atoms with Crippen molar-refractivity contribution in [2.24, 2.45) is 5.73 Å². The van der Waals surface area contributed by atoms with E-state index in [1.54, 1.807) is 6.20 Å². The molecule has 0 unspecified atom stereocenters. The summed E-state index contributed by atoms with van der Waals surface area (Å²) in [5.74, 6) is 0.714. The van der Waals surface area contributed by atoms with Gasteiger partial charge in [-0.05, 0) is 18.1 Å². The highest BCUT2D eigenvalue weighted by molar-refractivity contribution is 8.00. The smallest absolute Gasteiger partial charge is 0.148 e. The molecule has 0 aromatic carbocycles. The first-order valence-electron chi connectivity index (χ1n) is 4.88. The summed E-state index contributed by atoms with van der Waals surface area (Å²) in [4.78, 5) is 4.26. The molecule has 1 aromatic heterocycles. The summed E-state index contributed by atoms with van der Waals surface area (Å²) < 4.78 is 21.9. The molecule has 1 rings (SSSR count). The van der Waals surface area contributed by atoms with Crippen LogP contribution in [-0.2, 0) is 16.4 Å². The highest BCUT2D eigenvalue weighted by atomic mass is 32.2. The van der Waals surface area contributed by atoms with Crippen molar-refractivity contribution in [2.45, 2.75) is 18.5 Å². The fourth-order valence-corrected chi connectivity index (χ4v) is 3.32. The van der Waals surface area contributed by atoms with E-state index in [1.165, 1.54) is 18.0 Å². The number of aromatic nitrogens is 1. The fraction of sp³-hybridized carbons (Fsp3) is 0.500. The molecule has 0 aliphatic carbocycles. The molecule has 6 heteroatoms. The molecule has 0 amide bonds. The highest BCUT2D eigenvalue weighted by Gasteiger charge is 2.05. The maximum absolute atomic E-state index is 11.0. The number of aryl methyl sites for hydroxylation is 1. The molecule has 2 N–H and O–H groups in total. The van der Waals surface area contributed by atoms with Gasteiger partial charge in [0.15, 0.2) is 0 Å². The van der Waals surface area contributed by atoms with Gasteiger partial charge in [0.2, 0.25) is 0 Å². The standard InChI is InChI=1S/C10H16N2O2S2/c1-8-5-9(6-11)7-12-10(8)15-3-4-16(2,13)14/h5,7H,3-4,6,11H2,1-2H3. The number of hydrogen-bond donors (Lipinski definition) is 1. The third-order valence-electron chi connectivity index (χ3n) is 2.02. The van der Waals surface area contributed by atoms with Crippen LogP contribution in [0.2, 0.25) is 0 Å². The molecule has 0 aliphatic heterocycles. The van der Waals surface area contributed by atoms with E-state index in [9.17, 15) is 8.42 Å². The van der Waals surface area contributed by atoms with Crippen molar-refractivity contribution in [1.82, 2.24) is 4.98 Å². The quantitative estimate of drug-likeness (QED) is 0.799. The third kappa shape index (κ3) is 4.51. The van der Waals surface area contributed by atoms with Crippen molar-refractivity contribution in [3.8, 4) is 0 Å². The molecule has 90 valence electrons. The Morgan fingerprint density at radius 1 is 1.50 bits per heavy atom. The van der Waals surface area contributed by atoms with Gasteiger partial charge < -0.3 is 5.73 Å². The minimum Gasteiger partial charge on any atom is -0.326 e. The van der Waals surface area contributed by atoms with Crippen molar-refractivity contribution < 1.29 is 8.42 Å². The largest absolute Gasteiger partial charge is 0.326 e. The van der Waals surface area contributed by atoms with E-state index in [4.69, 9.17) is 5.73 Å². The van der Waals surface area contributed by atoms with Crippen LogP contribution in [0.1, 0.15) is 11.1 Å². The molecular formula is C10H16N2O2S2. The van der Waals surface area contributed by atoms with Crippen molar-refractivity contribution >= 4 is 21.6 Å². The van der Waals surface area contributed by atoms with Crippen molar-refractivity contribution in [3.63, 3.8) is 0 Å². The predicted molar refractivity (Wildman–Crippen MR) is 67.3 cm³/mol. The van der Waals surface area contributed by atoms with E-state index < -0.39 is 9.84 Å². The van der Waals surface area contributed by atoms with Gasteiger partial charge in [0.25, 0.3) is 0 Å². The number of nitrogens with two attached hydrogens (primary N) is 1. The second-order valence-corrected chi connectivity index (χ2v) is 6.99. The predicted octanol–water partition coefficient (Wildman–Crippen LogP) is 0.985. The zero-order valence-corrected chi connectivity index (χ0v) is 11.1. The maximum Gasteiger partial charge on any atom is 0.148 e. The first-order valence-corrected chi connectivity index (χ1v) is 7.93. The topological polar surface area (TPSA) is 73.0 Å². The van der Waals surface area contributed by atoms with E-state index in [2.05, 4.69) is 4.98 Å². The lowest BCUT2D eigenvalue weighted by atomic mass is 10.2. The summed E-state index contributed by atoms with van der Waals surface area (Å²) in [7, 11) is -2.89. The van der Waals surface area contributed by atoms with Crippen LogP contribution in [-0.4, -0.2) is 31.2 Å². The summed E-state index contributed by atoms with van der Waals surface area (Å²) >= 11 is 1.46. The molecule has 0 bridgehead atoms. The Bertz CT molecular complexity index is 458. The van der Waals surface area contributed by atoms with Crippen molar-refractivity contribution in [3.05, 3.63) is 23.4 Å². The van der Waals surface area contributed by atoms with Crippen molar-refractivity contribution in [1.29, 1.82) is 0 Å². The van der Waals surface area contributed by atoms with Crippen LogP contribution < -0.4 is 5.73 Å². The summed E-state index contributed by atoms with van der Waals surface area (Å²) in [6.45, 7) is 2.43. The minimum absolute atomic E-state index is 0.178. The molecule has 1 heterocycles. The first-order chi connectivity index (χ1) is 7.42. The number of rotatable bonds is 5.